The average Bonchev–Trinajstić information content (AvgIpc) is 3.28. The van der Waals surface area contributed by atoms with Crippen LogP contribution in [-0.4, -0.2) is 24.8 Å². The Morgan fingerprint density at radius 3 is 2.47 bits per heavy atom. The van der Waals surface area contributed by atoms with E-state index >= 15 is 0 Å². The van der Waals surface area contributed by atoms with Gasteiger partial charge in [0.2, 0.25) is 9.84 Å². The number of sulfone groups is 1. The topological polar surface area (TPSA) is 85.0 Å². The van der Waals surface area contributed by atoms with Crippen molar-refractivity contribution in [3.05, 3.63) is 101 Å². The fourth-order valence-electron chi connectivity index (χ4n) is 3.49. The summed E-state index contributed by atoms with van der Waals surface area (Å²) in [5.41, 5.74) is 3.53. The smallest absolute Gasteiger partial charge is 0.216 e. The molecule has 6 nitrogen and oxygen atoms in total. The Hall–Kier alpha value is -4.15. The van der Waals surface area contributed by atoms with E-state index in [0.717, 1.165) is 16.8 Å². The summed E-state index contributed by atoms with van der Waals surface area (Å²) in [7, 11) is -4.00. The van der Waals surface area contributed by atoms with Crippen molar-refractivity contribution in [3.63, 3.8) is 0 Å². The van der Waals surface area contributed by atoms with E-state index in [-0.39, 0.29) is 9.80 Å². The maximum Gasteiger partial charge on any atom is 0.216 e. The van der Waals surface area contributed by atoms with Crippen LogP contribution >= 0.6 is 0 Å². The van der Waals surface area contributed by atoms with Crippen LogP contribution in [0.4, 0.5) is 0 Å². The molecular weight excluding hydrogens is 446 g/mol. The van der Waals surface area contributed by atoms with E-state index in [1.807, 2.05) is 74.5 Å². The molecule has 4 aromatic rings. The van der Waals surface area contributed by atoms with E-state index in [0.29, 0.717) is 23.6 Å². The highest BCUT2D eigenvalue weighted by atomic mass is 32.2. The number of benzene rings is 3. The highest BCUT2D eigenvalue weighted by Gasteiger charge is 2.22. The van der Waals surface area contributed by atoms with E-state index < -0.39 is 9.84 Å². The van der Waals surface area contributed by atoms with Crippen molar-refractivity contribution in [3.8, 4) is 28.8 Å². The summed E-state index contributed by atoms with van der Waals surface area (Å²) in [5.74, 6) is 0.678. The predicted molar refractivity (Wildman–Crippen MR) is 132 cm³/mol. The zero-order valence-corrected chi connectivity index (χ0v) is 19.7. The number of allylic oxidation sites excluding steroid dienone is 1. The molecule has 34 heavy (non-hydrogen) atoms. The van der Waals surface area contributed by atoms with Crippen LogP contribution in [0.1, 0.15) is 18.1 Å². The normalized spacial score (nSPS) is 11.7. The zero-order chi connectivity index (χ0) is 24.1. The van der Waals surface area contributed by atoms with Gasteiger partial charge in [0, 0.05) is 17.3 Å². The largest absolute Gasteiger partial charge is 0.494 e. The van der Waals surface area contributed by atoms with Crippen molar-refractivity contribution in [2.45, 2.75) is 18.7 Å². The molecule has 0 amide bonds. The van der Waals surface area contributed by atoms with E-state index in [1.165, 1.54) is 18.2 Å². The van der Waals surface area contributed by atoms with E-state index in [1.54, 1.807) is 23.0 Å². The molecule has 0 saturated carbocycles. The lowest BCUT2D eigenvalue weighted by Gasteiger charge is -2.06. The maximum atomic E-state index is 13.2. The molecule has 0 unspecified atom stereocenters. The Morgan fingerprint density at radius 2 is 1.79 bits per heavy atom. The van der Waals surface area contributed by atoms with Gasteiger partial charge >= 0.3 is 0 Å². The van der Waals surface area contributed by atoms with Crippen LogP contribution < -0.4 is 4.74 Å². The van der Waals surface area contributed by atoms with Gasteiger partial charge in [-0.3, -0.25) is 0 Å². The third-order valence-corrected chi connectivity index (χ3v) is 6.88. The van der Waals surface area contributed by atoms with E-state index in [2.05, 4.69) is 0 Å². The highest BCUT2D eigenvalue weighted by Crippen LogP contribution is 2.30. The Balaban J connectivity index is 1.88. The summed E-state index contributed by atoms with van der Waals surface area (Å²) in [5, 5.41) is 14.5. The Labute approximate surface area is 199 Å². The summed E-state index contributed by atoms with van der Waals surface area (Å²) in [6.45, 7) is 4.29. The second-order valence-corrected chi connectivity index (χ2v) is 9.53. The number of aromatic nitrogens is 2. The van der Waals surface area contributed by atoms with Crippen molar-refractivity contribution in [2.24, 2.45) is 0 Å². The first kappa shape index (κ1) is 23.0. The second-order valence-electron chi connectivity index (χ2n) is 7.61. The molecule has 0 fully saturated rings. The van der Waals surface area contributed by atoms with Gasteiger partial charge in [0.05, 0.1) is 17.2 Å². The highest BCUT2D eigenvalue weighted by molar-refractivity contribution is 7.95. The van der Waals surface area contributed by atoms with Crippen LogP contribution in [0.25, 0.3) is 23.0 Å². The minimum absolute atomic E-state index is 0.0706. The first-order valence-corrected chi connectivity index (χ1v) is 12.2. The maximum absolute atomic E-state index is 13.2. The fraction of sp³-hybridized carbons (Fsp3) is 0.111. The van der Waals surface area contributed by atoms with Gasteiger partial charge in [-0.2, -0.15) is 10.4 Å². The number of hydrogen-bond acceptors (Lipinski definition) is 5. The van der Waals surface area contributed by atoms with Gasteiger partial charge in [-0.15, -0.1) is 0 Å². The Morgan fingerprint density at radius 1 is 1.06 bits per heavy atom. The lowest BCUT2D eigenvalue weighted by Crippen LogP contribution is -2.03. The third kappa shape index (κ3) is 4.77. The molecule has 0 spiro atoms. The number of aryl methyl sites for hydroxylation is 1. The number of para-hydroxylation sites is 1. The molecule has 0 N–H and O–H groups in total. The van der Waals surface area contributed by atoms with Gasteiger partial charge in [-0.05, 0) is 56.3 Å². The molecular formula is C27H23N3O3S. The Bertz CT molecular complexity index is 1480. The third-order valence-electron chi connectivity index (χ3n) is 5.20. The fourth-order valence-corrected chi connectivity index (χ4v) is 4.64. The molecule has 1 heterocycles. The molecule has 0 radical (unpaired) electrons. The summed E-state index contributed by atoms with van der Waals surface area (Å²) in [6.07, 6.45) is 3.10. The SMILES string of the molecule is CCOc1cccc(-c2nn(-c3ccccc3)cc2/C=C(/C#N)S(=O)(=O)c2ccc(C)cc2)c1. The molecule has 7 heteroatoms. The summed E-state index contributed by atoms with van der Waals surface area (Å²) in [4.78, 5) is -0.285. The monoisotopic (exact) mass is 469 g/mol. The van der Waals surface area contributed by atoms with Crippen LogP contribution in [0.3, 0.4) is 0 Å². The number of nitrogens with zero attached hydrogens (tertiary/aromatic N) is 3. The molecule has 1 aromatic heterocycles. The van der Waals surface area contributed by atoms with Crippen LogP contribution in [0, 0.1) is 18.3 Å². The summed E-state index contributed by atoms with van der Waals surface area (Å²) in [6, 6.07) is 25.2. The summed E-state index contributed by atoms with van der Waals surface area (Å²) < 4.78 is 33.7. The van der Waals surface area contributed by atoms with Gasteiger partial charge in [-0.25, -0.2) is 13.1 Å². The molecule has 0 aliphatic rings. The molecule has 0 aliphatic carbocycles. The van der Waals surface area contributed by atoms with Crippen molar-refractivity contribution in [1.29, 1.82) is 5.26 Å². The number of ether oxygens (including phenoxy) is 1. The Kier molecular flexibility index (Phi) is 6.62. The van der Waals surface area contributed by atoms with Crippen molar-refractivity contribution < 1.29 is 13.2 Å². The number of hydrogen-bond donors (Lipinski definition) is 0. The predicted octanol–water partition coefficient (Wildman–Crippen LogP) is 5.58. The first-order chi connectivity index (χ1) is 16.4. The average molecular weight is 470 g/mol. The summed E-state index contributed by atoms with van der Waals surface area (Å²) >= 11 is 0. The lowest BCUT2D eigenvalue weighted by atomic mass is 10.1. The molecule has 3 aromatic carbocycles. The molecule has 0 aliphatic heterocycles. The number of nitriles is 1. The van der Waals surface area contributed by atoms with Gasteiger partial charge in [-0.1, -0.05) is 48.0 Å². The van der Waals surface area contributed by atoms with Gasteiger partial charge in [0.1, 0.15) is 22.4 Å². The second kappa shape index (κ2) is 9.77. The standard InChI is InChI=1S/C27H23N3O3S/c1-3-33-24-11-7-8-21(16-24)27-22(19-30(29-27)23-9-5-4-6-10-23)17-26(18-28)34(31,32)25-14-12-20(2)13-15-25/h4-17,19H,3H2,1-2H3/b26-17-. The molecule has 0 bridgehead atoms. The van der Waals surface area contributed by atoms with E-state index in [9.17, 15) is 13.7 Å². The van der Waals surface area contributed by atoms with Crippen molar-refractivity contribution >= 4 is 15.9 Å². The van der Waals surface area contributed by atoms with Crippen molar-refractivity contribution in [2.75, 3.05) is 6.61 Å². The molecule has 0 saturated heterocycles. The number of rotatable bonds is 7. The van der Waals surface area contributed by atoms with Gasteiger partial charge in [0.15, 0.2) is 0 Å². The molecule has 170 valence electrons. The van der Waals surface area contributed by atoms with Crippen LogP contribution in [0.5, 0.6) is 5.75 Å². The lowest BCUT2D eigenvalue weighted by molar-refractivity contribution is 0.340. The molecule has 4 rings (SSSR count). The van der Waals surface area contributed by atoms with Crippen LogP contribution in [-0.2, 0) is 9.84 Å². The minimum atomic E-state index is -4.00. The van der Waals surface area contributed by atoms with Gasteiger partial charge < -0.3 is 4.74 Å². The zero-order valence-electron chi connectivity index (χ0n) is 18.8. The first-order valence-electron chi connectivity index (χ1n) is 10.7. The molecule has 0 atom stereocenters. The van der Waals surface area contributed by atoms with E-state index in [4.69, 9.17) is 9.84 Å². The van der Waals surface area contributed by atoms with Gasteiger partial charge in [0.25, 0.3) is 0 Å². The minimum Gasteiger partial charge on any atom is -0.494 e. The quantitative estimate of drug-likeness (QED) is 0.330. The van der Waals surface area contributed by atoms with Crippen LogP contribution in [0.2, 0.25) is 0 Å². The van der Waals surface area contributed by atoms with Crippen LogP contribution in [0.15, 0.2) is 94.9 Å². The van der Waals surface area contributed by atoms with Crippen molar-refractivity contribution in [1.82, 2.24) is 9.78 Å².